The zero-order valence-corrected chi connectivity index (χ0v) is 13.3. The predicted molar refractivity (Wildman–Crippen MR) is 84.9 cm³/mol. The van der Waals surface area contributed by atoms with Gasteiger partial charge >= 0.3 is 0 Å². The summed E-state index contributed by atoms with van der Waals surface area (Å²) in [4.78, 5) is 2.41. The molecule has 0 radical (unpaired) electrons. The smallest absolute Gasteiger partial charge is 0.232 e. The Morgan fingerprint density at radius 1 is 1.35 bits per heavy atom. The zero-order valence-electron chi connectivity index (χ0n) is 12.5. The summed E-state index contributed by atoms with van der Waals surface area (Å²) in [6, 6.07) is 6.53. The molecule has 1 aromatic carbocycles. The minimum atomic E-state index is -3.21. The summed E-state index contributed by atoms with van der Waals surface area (Å²) in [5, 5.41) is 0. The normalized spacial score (nSPS) is 19.9. The molecule has 1 aromatic rings. The standard InChI is InChI=1S/C15H24N2O2S/c1-4-20(18,19)16-15-9-8-14(11-12(15)2)17-10-6-5-7-13(17)3/h8-9,11,13,16H,4-7,10H2,1-3H3/t13-/m1/s1. The molecule has 1 heterocycles. The van der Waals surface area contributed by atoms with E-state index in [4.69, 9.17) is 0 Å². The molecule has 4 nitrogen and oxygen atoms in total. The first-order valence-electron chi connectivity index (χ1n) is 7.30. The molecule has 0 bridgehead atoms. The van der Waals surface area contributed by atoms with E-state index in [-0.39, 0.29) is 5.75 Å². The van der Waals surface area contributed by atoms with Crippen molar-refractivity contribution in [2.45, 2.75) is 46.1 Å². The van der Waals surface area contributed by atoms with E-state index in [2.05, 4.69) is 22.6 Å². The van der Waals surface area contributed by atoms with Gasteiger partial charge in [0.05, 0.1) is 11.4 Å². The second kappa shape index (κ2) is 6.04. The first kappa shape index (κ1) is 15.2. The second-order valence-electron chi connectivity index (χ2n) is 5.54. The summed E-state index contributed by atoms with van der Waals surface area (Å²) in [6.45, 7) is 6.93. The second-order valence-corrected chi connectivity index (χ2v) is 7.55. The van der Waals surface area contributed by atoms with Crippen molar-refractivity contribution in [3.8, 4) is 0 Å². The molecule has 5 heteroatoms. The Bertz CT molecular complexity index is 569. The third-order valence-corrected chi connectivity index (χ3v) is 5.28. The number of nitrogens with zero attached hydrogens (tertiary/aromatic N) is 1. The lowest BCUT2D eigenvalue weighted by Gasteiger charge is -2.35. The molecule has 0 aliphatic carbocycles. The van der Waals surface area contributed by atoms with Crippen LogP contribution in [0.1, 0.15) is 38.7 Å². The van der Waals surface area contributed by atoms with Gasteiger partial charge in [0.25, 0.3) is 0 Å². The van der Waals surface area contributed by atoms with Gasteiger partial charge in [-0.05, 0) is 63.8 Å². The Labute approximate surface area is 122 Å². The third-order valence-electron chi connectivity index (χ3n) is 3.99. The number of aryl methyl sites for hydroxylation is 1. The summed E-state index contributed by atoms with van der Waals surface area (Å²) in [5.74, 6) is 0.0946. The first-order chi connectivity index (χ1) is 9.43. The van der Waals surface area contributed by atoms with Gasteiger partial charge in [0.15, 0.2) is 0 Å². The van der Waals surface area contributed by atoms with Crippen molar-refractivity contribution in [1.29, 1.82) is 0 Å². The number of nitrogens with one attached hydrogen (secondary N) is 1. The summed E-state index contributed by atoms with van der Waals surface area (Å²) in [7, 11) is -3.21. The van der Waals surface area contributed by atoms with Crippen molar-refractivity contribution in [2.75, 3.05) is 21.9 Å². The molecule has 0 saturated carbocycles. The molecule has 0 unspecified atom stereocenters. The predicted octanol–water partition coefficient (Wildman–Crippen LogP) is 3.14. The van der Waals surface area contributed by atoms with Crippen molar-refractivity contribution in [1.82, 2.24) is 0 Å². The Kier molecular flexibility index (Phi) is 4.58. The van der Waals surface area contributed by atoms with Crippen molar-refractivity contribution >= 4 is 21.4 Å². The van der Waals surface area contributed by atoms with Crippen LogP contribution in [0.15, 0.2) is 18.2 Å². The van der Waals surface area contributed by atoms with Gasteiger partial charge in [-0.1, -0.05) is 0 Å². The minimum absolute atomic E-state index is 0.0946. The lowest BCUT2D eigenvalue weighted by molar-refractivity contribution is 0.485. The molecular weight excluding hydrogens is 272 g/mol. The van der Waals surface area contributed by atoms with Crippen molar-refractivity contribution < 1.29 is 8.42 Å². The molecule has 1 atom stereocenters. The Morgan fingerprint density at radius 3 is 2.70 bits per heavy atom. The molecule has 2 rings (SSSR count). The zero-order chi connectivity index (χ0) is 14.8. The molecule has 112 valence electrons. The summed E-state index contributed by atoms with van der Waals surface area (Å²) >= 11 is 0. The fraction of sp³-hybridized carbons (Fsp3) is 0.600. The van der Waals surface area contributed by atoms with Gasteiger partial charge in [-0.2, -0.15) is 0 Å². The van der Waals surface area contributed by atoms with Gasteiger partial charge in [-0.15, -0.1) is 0 Å². The Hall–Kier alpha value is -1.23. The van der Waals surface area contributed by atoms with Crippen molar-refractivity contribution in [3.63, 3.8) is 0 Å². The van der Waals surface area contributed by atoms with E-state index in [9.17, 15) is 8.42 Å². The van der Waals surface area contributed by atoms with E-state index in [0.29, 0.717) is 11.7 Å². The molecule has 1 saturated heterocycles. The van der Waals surface area contributed by atoms with Gasteiger partial charge in [-0.3, -0.25) is 4.72 Å². The van der Waals surface area contributed by atoms with Gasteiger partial charge in [-0.25, -0.2) is 8.42 Å². The molecule has 1 N–H and O–H groups in total. The fourth-order valence-corrected chi connectivity index (χ4v) is 3.37. The number of benzene rings is 1. The third kappa shape index (κ3) is 3.45. The topological polar surface area (TPSA) is 49.4 Å². The van der Waals surface area contributed by atoms with Gasteiger partial charge in [0, 0.05) is 18.3 Å². The van der Waals surface area contributed by atoms with Crippen LogP contribution < -0.4 is 9.62 Å². The highest BCUT2D eigenvalue weighted by atomic mass is 32.2. The first-order valence-corrected chi connectivity index (χ1v) is 8.96. The largest absolute Gasteiger partial charge is 0.369 e. The van der Waals surface area contributed by atoms with E-state index in [1.165, 1.54) is 24.9 Å². The number of piperidine rings is 1. The van der Waals surface area contributed by atoms with Gasteiger partial charge in [0.2, 0.25) is 10.0 Å². The van der Waals surface area contributed by atoms with Crippen LogP contribution >= 0.6 is 0 Å². The average molecular weight is 296 g/mol. The van der Waals surface area contributed by atoms with Crippen LogP contribution in [0, 0.1) is 6.92 Å². The van der Waals surface area contributed by atoms with E-state index < -0.39 is 10.0 Å². The van der Waals surface area contributed by atoms with Crippen molar-refractivity contribution in [2.24, 2.45) is 0 Å². The molecule has 0 spiro atoms. The highest BCUT2D eigenvalue weighted by Gasteiger charge is 2.19. The maximum absolute atomic E-state index is 11.6. The molecular formula is C15H24N2O2S. The Balaban J connectivity index is 2.21. The van der Waals surface area contributed by atoms with Crippen molar-refractivity contribution in [3.05, 3.63) is 23.8 Å². The molecule has 1 fully saturated rings. The molecule has 0 aromatic heterocycles. The van der Waals surface area contributed by atoms with Crippen LogP contribution in [0.4, 0.5) is 11.4 Å². The summed E-state index contributed by atoms with van der Waals surface area (Å²) in [5.41, 5.74) is 2.84. The molecule has 1 aliphatic rings. The summed E-state index contributed by atoms with van der Waals surface area (Å²) in [6.07, 6.45) is 3.75. The number of rotatable bonds is 4. The van der Waals surface area contributed by atoms with Crippen LogP contribution in [0.5, 0.6) is 0 Å². The fourth-order valence-electron chi connectivity index (χ4n) is 2.66. The van der Waals surface area contributed by atoms with E-state index in [1.54, 1.807) is 6.92 Å². The van der Waals surface area contributed by atoms with Crippen LogP contribution in [0.2, 0.25) is 0 Å². The van der Waals surface area contributed by atoms with Crippen LogP contribution in [0.3, 0.4) is 0 Å². The number of hydrogen-bond donors (Lipinski definition) is 1. The van der Waals surface area contributed by atoms with Crippen LogP contribution in [-0.4, -0.2) is 26.8 Å². The lowest BCUT2D eigenvalue weighted by Crippen LogP contribution is -2.37. The highest BCUT2D eigenvalue weighted by Crippen LogP contribution is 2.28. The van der Waals surface area contributed by atoms with Gasteiger partial charge in [0.1, 0.15) is 0 Å². The maximum atomic E-state index is 11.6. The quantitative estimate of drug-likeness (QED) is 0.928. The van der Waals surface area contributed by atoms with Gasteiger partial charge < -0.3 is 4.90 Å². The monoisotopic (exact) mass is 296 g/mol. The molecule has 20 heavy (non-hydrogen) atoms. The van der Waals surface area contributed by atoms with Crippen LogP contribution in [-0.2, 0) is 10.0 Å². The number of sulfonamides is 1. The Morgan fingerprint density at radius 2 is 2.10 bits per heavy atom. The molecule has 1 aliphatic heterocycles. The minimum Gasteiger partial charge on any atom is -0.369 e. The van der Waals surface area contributed by atoms with E-state index in [1.807, 2.05) is 19.1 Å². The van der Waals surface area contributed by atoms with E-state index in [0.717, 1.165) is 12.1 Å². The SMILES string of the molecule is CCS(=O)(=O)Nc1ccc(N2CCCC[C@H]2C)cc1C. The maximum Gasteiger partial charge on any atom is 0.232 e. The highest BCUT2D eigenvalue weighted by molar-refractivity contribution is 7.92. The van der Waals surface area contributed by atoms with Crippen LogP contribution in [0.25, 0.3) is 0 Å². The lowest BCUT2D eigenvalue weighted by atomic mass is 10.0. The molecule has 0 amide bonds. The number of hydrogen-bond acceptors (Lipinski definition) is 3. The summed E-state index contributed by atoms with van der Waals surface area (Å²) < 4.78 is 25.9. The van der Waals surface area contributed by atoms with E-state index >= 15 is 0 Å². The average Bonchev–Trinajstić information content (AvgIpc) is 2.42. The number of anilines is 2.